The highest BCUT2D eigenvalue weighted by Gasteiger charge is 2.27. The van der Waals surface area contributed by atoms with E-state index in [1.807, 2.05) is 18.2 Å². The number of hydrogen-bond acceptors (Lipinski definition) is 5. The van der Waals surface area contributed by atoms with Crippen LogP contribution in [0.2, 0.25) is 0 Å². The van der Waals surface area contributed by atoms with Crippen LogP contribution in [0.3, 0.4) is 0 Å². The first kappa shape index (κ1) is 20.2. The van der Waals surface area contributed by atoms with Crippen molar-refractivity contribution in [2.45, 2.75) is 6.42 Å². The Kier molecular flexibility index (Phi) is 6.58. The van der Waals surface area contributed by atoms with Crippen molar-refractivity contribution >= 4 is 21.7 Å². The molecule has 1 aliphatic rings. The molecule has 1 aliphatic heterocycles. The van der Waals surface area contributed by atoms with Gasteiger partial charge in [-0.3, -0.25) is 4.79 Å². The number of carbonyl (C=O) groups is 1. The zero-order valence-electron chi connectivity index (χ0n) is 15.4. The average molecular weight is 406 g/mol. The minimum Gasteiger partial charge on any atom is -0.355 e. The minimum atomic E-state index is -3.44. The van der Waals surface area contributed by atoms with Crippen LogP contribution in [0.1, 0.15) is 5.56 Å². The number of halogens is 1. The Labute approximate surface area is 164 Å². The molecule has 0 aliphatic carbocycles. The van der Waals surface area contributed by atoms with Crippen LogP contribution in [0.25, 0.3) is 0 Å². The summed E-state index contributed by atoms with van der Waals surface area (Å²) in [5.41, 5.74) is 0.674. The van der Waals surface area contributed by atoms with Gasteiger partial charge in [0.15, 0.2) is 0 Å². The summed E-state index contributed by atoms with van der Waals surface area (Å²) in [7, 11) is -3.44. The van der Waals surface area contributed by atoms with Crippen LogP contribution < -0.4 is 10.2 Å². The van der Waals surface area contributed by atoms with Gasteiger partial charge in [0.05, 0.1) is 12.2 Å². The van der Waals surface area contributed by atoms with E-state index in [-0.39, 0.29) is 30.4 Å². The average Bonchev–Trinajstić information content (AvgIpc) is 2.70. The number of rotatable bonds is 7. The predicted octanol–water partition coefficient (Wildman–Crippen LogP) is 1.03. The van der Waals surface area contributed by atoms with E-state index in [4.69, 9.17) is 0 Å². The fourth-order valence-electron chi connectivity index (χ4n) is 3.03. The first-order valence-corrected chi connectivity index (χ1v) is 10.7. The van der Waals surface area contributed by atoms with Crippen LogP contribution >= 0.6 is 0 Å². The van der Waals surface area contributed by atoms with E-state index in [1.54, 1.807) is 6.20 Å². The number of pyridine rings is 1. The zero-order valence-corrected chi connectivity index (χ0v) is 16.2. The lowest BCUT2D eigenvalue weighted by atomic mass is 10.1. The van der Waals surface area contributed by atoms with Crippen LogP contribution in [-0.4, -0.2) is 62.1 Å². The van der Waals surface area contributed by atoms with Crippen LogP contribution in [0.5, 0.6) is 0 Å². The molecule has 2 heterocycles. The second-order valence-corrected chi connectivity index (χ2v) is 8.63. The Morgan fingerprint density at radius 1 is 1.07 bits per heavy atom. The van der Waals surface area contributed by atoms with Gasteiger partial charge < -0.3 is 10.2 Å². The zero-order chi connectivity index (χ0) is 20.0. The third kappa shape index (κ3) is 5.49. The van der Waals surface area contributed by atoms with Crippen molar-refractivity contribution in [3.8, 4) is 0 Å². The third-order valence-electron chi connectivity index (χ3n) is 4.57. The summed E-state index contributed by atoms with van der Waals surface area (Å²) < 4.78 is 39.3. The predicted molar refractivity (Wildman–Crippen MR) is 105 cm³/mol. The number of nitrogens with one attached hydrogen (secondary N) is 1. The molecule has 0 unspecified atom stereocenters. The fraction of sp³-hybridized carbons (Fsp3) is 0.368. The van der Waals surface area contributed by atoms with E-state index >= 15 is 0 Å². The lowest BCUT2D eigenvalue weighted by Gasteiger charge is -2.34. The second kappa shape index (κ2) is 9.11. The number of carbonyl (C=O) groups excluding carboxylic acids is 1. The number of benzene rings is 1. The van der Waals surface area contributed by atoms with Gasteiger partial charge in [-0.05, 0) is 29.8 Å². The van der Waals surface area contributed by atoms with Gasteiger partial charge in [-0.25, -0.2) is 17.8 Å². The summed E-state index contributed by atoms with van der Waals surface area (Å²) in [4.78, 5) is 18.3. The van der Waals surface area contributed by atoms with Crippen LogP contribution in [0, 0.1) is 5.82 Å². The lowest BCUT2D eigenvalue weighted by molar-refractivity contribution is -0.120. The molecule has 9 heteroatoms. The largest absolute Gasteiger partial charge is 0.355 e. The first-order chi connectivity index (χ1) is 13.4. The number of anilines is 1. The van der Waals surface area contributed by atoms with Crippen molar-refractivity contribution in [1.82, 2.24) is 14.6 Å². The van der Waals surface area contributed by atoms with Crippen molar-refractivity contribution in [2.24, 2.45) is 0 Å². The lowest BCUT2D eigenvalue weighted by Crippen LogP contribution is -2.50. The molecule has 0 saturated carbocycles. The molecule has 1 amide bonds. The fourth-order valence-corrected chi connectivity index (χ4v) is 4.37. The van der Waals surface area contributed by atoms with Gasteiger partial charge in [-0.2, -0.15) is 4.31 Å². The molecule has 150 valence electrons. The summed E-state index contributed by atoms with van der Waals surface area (Å²) in [6.07, 6.45) is 1.80. The topological polar surface area (TPSA) is 82.6 Å². The molecule has 3 rings (SSSR count). The van der Waals surface area contributed by atoms with Gasteiger partial charge in [-0.15, -0.1) is 0 Å². The monoisotopic (exact) mass is 406 g/mol. The number of sulfonamides is 1. The highest BCUT2D eigenvalue weighted by molar-refractivity contribution is 7.89. The molecule has 28 heavy (non-hydrogen) atoms. The molecule has 2 aromatic rings. The molecule has 1 aromatic carbocycles. The smallest absolute Gasteiger partial charge is 0.224 e. The number of aromatic nitrogens is 1. The van der Waals surface area contributed by atoms with Gasteiger partial charge in [0.1, 0.15) is 11.6 Å². The molecule has 0 bridgehead atoms. The van der Waals surface area contributed by atoms with E-state index in [1.165, 1.54) is 28.6 Å². The maximum atomic E-state index is 12.9. The molecule has 1 aromatic heterocycles. The van der Waals surface area contributed by atoms with Crippen molar-refractivity contribution in [3.05, 3.63) is 60.0 Å². The van der Waals surface area contributed by atoms with Crippen LogP contribution in [0.15, 0.2) is 48.7 Å². The standard InChI is InChI=1S/C19H23FN4O3S/c20-17-6-4-16(5-7-17)15-19(25)22-9-14-28(26,27)24-12-10-23(11-13-24)18-3-1-2-8-21-18/h1-8H,9-15H2,(H,22,25). The Morgan fingerprint density at radius 3 is 2.43 bits per heavy atom. The van der Waals surface area contributed by atoms with Gasteiger partial charge >= 0.3 is 0 Å². The number of hydrogen-bond donors (Lipinski definition) is 1. The van der Waals surface area contributed by atoms with Crippen molar-refractivity contribution in [3.63, 3.8) is 0 Å². The molecule has 1 fully saturated rings. The Morgan fingerprint density at radius 2 is 1.79 bits per heavy atom. The molecule has 0 atom stereocenters. The molecule has 1 saturated heterocycles. The van der Waals surface area contributed by atoms with Crippen molar-refractivity contribution in [2.75, 3.05) is 43.4 Å². The van der Waals surface area contributed by atoms with E-state index in [9.17, 15) is 17.6 Å². The van der Waals surface area contributed by atoms with Crippen molar-refractivity contribution in [1.29, 1.82) is 0 Å². The number of amides is 1. The van der Waals surface area contributed by atoms with E-state index in [2.05, 4.69) is 15.2 Å². The molecule has 0 spiro atoms. The number of piperazine rings is 1. The van der Waals surface area contributed by atoms with Crippen LogP contribution in [0.4, 0.5) is 10.2 Å². The van der Waals surface area contributed by atoms with Gasteiger partial charge in [0.25, 0.3) is 0 Å². The third-order valence-corrected chi connectivity index (χ3v) is 6.44. The summed E-state index contributed by atoms with van der Waals surface area (Å²) in [5.74, 6) is 0.0407. The molecule has 0 radical (unpaired) electrons. The maximum Gasteiger partial charge on any atom is 0.224 e. The Bertz CT molecular complexity index is 883. The molecule has 1 N–H and O–H groups in total. The normalized spacial score (nSPS) is 15.4. The second-order valence-electron chi connectivity index (χ2n) is 6.54. The van der Waals surface area contributed by atoms with E-state index in [0.717, 1.165) is 5.82 Å². The molecular weight excluding hydrogens is 383 g/mol. The quantitative estimate of drug-likeness (QED) is 0.743. The van der Waals surface area contributed by atoms with E-state index < -0.39 is 10.0 Å². The summed E-state index contributed by atoms with van der Waals surface area (Å²) in [6, 6.07) is 11.3. The van der Waals surface area contributed by atoms with E-state index in [0.29, 0.717) is 31.7 Å². The number of nitrogens with zero attached hydrogens (tertiary/aromatic N) is 3. The SMILES string of the molecule is O=C(Cc1ccc(F)cc1)NCCS(=O)(=O)N1CCN(c2ccccn2)CC1. The maximum absolute atomic E-state index is 12.9. The Balaban J connectivity index is 1.43. The minimum absolute atomic E-state index is 0.0445. The highest BCUT2D eigenvalue weighted by Crippen LogP contribution is 2.14. The summed E-state index contributed by atoms with van der Waals surface area (Å²) in [5, 5.41) is 2.62. The van der Waals surface area contributed by atoms with Crippen molar-refractivity contribution < 1.29 is 17.6 Å². The first-order valence-electron chi connectivity index (χ1n) is 9.09. The Hall–Kier alpha value is -2.52. The molecular formula is C19H23FN4O3S. The molecule has 7 nitrogen and oxygen atoms in total. The summed E-state index contributed by atoms with van der Waals surface area (Å²) >= 11 is 0. The van der Waals surface area contributed by atoms with Gasteiger partial charge in [0, 0.05) is 38.9 Å². The van der Waals surface area contributed by atoms with Gasteiger partial charge in [0.2, 0.25) is 15.9 Å². The summed E-state index contributed by atoms with van der Waals surface area (Å²) in [6.45, 7) is 1.98. The highest BCUT2D eigenvalue weighted by atomic mass is 32.2. The van der Waals surface area contributed by atoms with Gasteiger partial charge in [-0.1, -0.05) is 18.2 Å². The van der Waals surface area contributed by atoms with Crippen LogP contribution in [-0.2, 0) is 21.2 Å².